The van der Waals surface area contributed by atoms with Crippen molar-refractivity contribution in [3.05, 3.63) is 69.8 Å². The minimum atomic E-state index is -2.21. The fourth-order valence-corrected chi connectivity index (χ4v) is 2.30. The lowest BCUT2D eigenvalue weighted by Crippen LogP contribution is -2.52. The number of hydrogen-bond acceptors (Lipinski definition) is 5. The first-order valence-corrected chi connectivity index (χ1v) is 6.61. The van der Waals surface area contributed by atoms with Crippen molar-refractivity contribution in [3.8, 4) is 0 Å². The van der Waals surface area contributed by atoms with Crippen LogP contribution in [0.15, 0.2) is 54.1 Å². The number of carbonyl (C=O) groups is 1. The molecular formula is C15H16N2O5. The summed E-state index contributed by atoms with van der Waals surface area (Å²) in [6.07, 6.45) is 3.20. The van der Waals surface area contributed by atoms with Crippen LogP contribution >= 0.6 is 0 Å². The summed E-state index contributed by atoms with van der Waals surface area (Å²) in [5.74, 6) is -1.24. The molecule has 0 saturated heterocycles. The highest BCUT2D eigenvalue weighted by Gasteiger charge is 2.43. The van der Waals surface area contributed by atoms with Gasteiger partial charge in [0.25, 0.3) is 0 Å². The Morgan fingerprint density at radius 1 is 1.41 bits per heavy atom. The van der Waals surface area contributed by atoms with E-state index in [-0.39, 0.29) is 18.4 Å². The van der Waals surface area contributed by atoms with Crippen LogP contribution in [0.25, 0.3) is 0 Å². The minimum Gasteiger partial charge on any atom is -0.480 e. The van der Waals surface area contributed by atoms with E-state index in [2.05, 4.69) is 0 Å². The molecule has 0 heterocycles. The van der Waals surface area contributed by atoms with Gasteiger partial charge in [-0.3, -0.25) is 10.1 Å². The van der Waals surface area contributed by atoms with Crippen LogP contribution in [0.5, 0.6) is 0 Å². The molecule has 0 spiro atoms. The SMILES string of the molecule is NC(Cc1ccccc1)(C(=O)O)C1=CCC(O)([N+](=O)[O-])C=C1. The Labute approximate surface area is 126 Å². The van der Waals surface area contributed by atoms with Crippen molar-refractivity contribution in [2.75, 3.05) is 0 Å². The molecule has 4 N–H and O–H groups in total. The average Bonchev–Trinajstić information content (AvgIpc) is 2.48. The van der Waals surface area contributed by atoms with Gasteiger partial charge in [0, 0.05) is 12.5 Å². The Kier molecular flexibility index (Phi) is 4.11. The van der Waals surface area contributed by atoms with Crippen LogP contribution in [-0.2, 0) is 11.2 Å². The van der Waals surface area contributed by atoms with E-state index in [1.165, 1.54) is 12.2 Å². The summed E-state index contributed by atoms with van der Waals surface area (Å²) in [5, 5.41) is 30.0. The molecule has 2 rings (SSSR count). The number of nitrogens with two attached hydrogens (primary N) is 1. The average molecular weight is 304 g/mol. The van der Waals surface area contributed by atoms with E-state index in [4.69, 9.17) is 5.73 Å². The van der Waals surface area contributed by atoms with Crippen LogP contribution in [0.2, 0.25) is 0 Å². The molecule has 1 aromatic rings. The van der Waals surface area contributed by atoms with E-state index in [1.54, 1.807) is 30.3 Å². The molecule has 0 aromatic heterocycles. The number of aliphatic hydroxyl groups is 1. The van der Waals surface area contributed by atoms with E-state index in [9.17, 15) is 25.1 Å². The fraction of sp³-hybridized carbons (Fsp3) is 0.267. The summed E-state index contributed by atoms with van der Waals surface area (Å²) < 4.78 is 0. The van der Waals surface area contributed by atoms with Crippen molar-refractivity contribution >= 4 is 5.97 Å². The summed E-state index contributed by atoms with van der Waals surface area (Å²) in [6, 6.07) is 8.86. The monoisotopic (exact) mass is 304 g/mol. The summed E-state index contributed by atoms with van der Waals surface area (Å²) in [7, 11) is 0. The molecule has 2 unspecified atom stereocenters. The lowest BCUT2D eigenvalue weighted by Gasteiger charge is -2.29. The molecule has 1 aliphatic carbocycles. The third-order valence-corrected chi connectivity index (χ3v) is 3.69. The molecule has 0 radical (unpaired) electrons. The minimum absolute atomic E-state index is 0.0379. The third-order valence-electron chi connectivity index (χ3n) is 3.69. The topological polar surface area (TPSA) is 127 Å². The van der Waals surface area contributed by atoms with Crippen molar-refractivity contribution < 1.29 is 19.9 Å². The number of carboxylic acid groups (broad SMARTS) is 1. The molecule has 0 amide bonds. The predicted molar refractivity (Wildman–Crippen MR) is 78.5 cm³/mol. The highest BCUT2D eigenvalue weighted by atomic mass is 16.7. The largest absolute Gasteiger partial charge is 0.480 e. The van der Waals surface area contributed by atoms with Crippen LogP contribution in [0.3, 0.4) is 0 Å². The van der Waals surface area contributed by atoms with E-state index in [0.717, 1.165) is 11.6 Å². The van der Waals surface area contributed by atoms with Gasteiger partial charge < -0.3 is 15.9 Å². The lowest BCUT2D eigenvalue weighted by atomic mass is 9.81. The Hall–Kier alpha value is -2.51. The number of carboxylic acids is 1. The first kappa shape index (κ1) is 15.9. The van der Waals surface area contributed by atoms with Gasteiger partial charge >= 0.3 is 11.7 Å². The maximum absolute atomic E-state index is 11.6. The van der Waals surface area contributed by atoms with E-state index < -0.39 is 22.2 Å². The maximum atomic E-state index is 11.6. The maximum Gasteiger partial charge on any atom is 0.345 e. The van der Waals surface area contributed by atoms with Crippen molar-refractivity contribution in [1.29, 1.82) is 0 Å². The fourth-order valence-electron chi connectivity index (χ4n) is 2.30. The van der Waals surface area contributed by atoms with E-state index >= 15 is 0 Å². The second-order valence-electron chi connectivity index (χ2n) is 5.27. The number of nitrogens with zero attached hydrogens (tertiary/aromatic N) is 1. The van der Waals surface area contributed by atoms with Crippen molar-refractivity contribution in [2.45, 2.75) is 24.1 Å². The van der Waals surface area contributed by atoms with Gasteiger partial charge in [-0.1, -0.05) is 42.5 Å². The first-order valence-electron chi connectivity index (χ1n) is 6.61. The molecule has 2 atom stereocenters. The van der Waals surface area contributed by atoms with Crippen LogP contribution < -0.4 is 5.73 Å². The zero-order valence-electron chi connectivity index (χ0n) is 11.7. The Bertz CT molecular complexity index is 655. The van der Waals surface area contributed by atoms with Crippen LogP contribution in [0.1, 0.15) is 12.0 Å². The van der Waals surface area contributed by atoms with Gasteiger partial charge in [0.1, 0.15) is 5.54 Å². The van der Waals surface area contributed by atoms with E-state index in [0.29, 0.717) is 0 Å². The van der Waals surface area contributed by atoms with Gasteiger partial charge in [0.2, 0.25) is 0 Å². The van der Waals surface area contributed by atoms with Gasteiger partial charge in [0.05, 0.1) is 11.3 Å². The molecule has 22 heavy (non-hydrogen) atoms. The second-order valence-corrected chi connectivity index (χ2v) is 5.27. The molecule has 0 fully saturated rings. The summed E-state index contributed by atoms with van der Waals surface area (Å²) >= 11 is 0. The zero-order valence-corrected chi connectivity index (χ0v) is 11.7. The van der Waals surface area contributed by atoms with Crippen LogP contribution in [-0.4, -0.2) is 32.4 Å². The third kappa shape index (κ3) is 2.90. The molecule has 0 saturated carbocycles. The van der Waals surface area contributed by atoms with Crippen molar-refractivity contribution in [3.63, 3.8) is 0 Å². The van der Waals surface area contributed by atoms with Gasteiger partial charge in [-0.25, -0.2) is 4.79 Å². The van der Waals surface area contributed by atoms with E-state index in [1.807, 2.05) is 0 Å². The summed E-state index contributed by atoms with van der Waals surface area (Å²) in [4.78, 5) is 21.6. The molecule has 7 nitrogen and oxygen atoms in total. The highest BCUT2D eigenvalue weighted by molar-refractivity contribution is 5.84. The predicted octanol–water partition coefficient (Wildman–Crippen LogP) is 0.863. The number of rotatable bonds is 5. The molecule has 1 aromatic carbocycles. The number of nitro groups is 1. The molecule has 116 valence electrons. The molecular weight excluding hydrogens is 288 g/mol. The second kappa shape index (κ2) is 5.70. The van der Waals surface area contributed by atoms with Crippen molar-refractivity contribution in [2.24, 2.45) is 5.73 Å². The number of hydrogen-bond donors (Lipinski definition) is 3. The van der Waals surface area contributed by atoms with Crippen LogP contribution in [0, 0.1) is 10.1 Å². The van der Waals surface area contributed by atoms with Gasteiger partial charge in [0.15, 0.2) is 0 Å². The Morgan fingerprint density at radius 3 is 2.50 bits per heavy atom. The van der Waals surface area contributed by atoms with Gasteiger partial charge in [-0.15, -0.1) is 0 Å². The standard InChI is InChI=1S/C15H16N2O5/c16-15(13(18)19,10-11-4-2-1-3-5-11)12-6-8-14(20,9-7-12)17(21)22/h1-8,20H,9-10,16H2,(H,18,19). The van der Waals surface area contributed by atoms with Gasteiger partial charge in [-0.05, 0) is 11.1 Å². The van der Waals surface area contributed by atoms with Crippen molar-refractivity contribution in [1.82, 2.24) is 0 Å². The zero-order chi connectivity index (χ0) is 16.4. The highest BCUT2D eigenvalue weighted by Crippen LogP contribution is 2.29. The Balaban J connectivity index is 2.30. The van der Waals surface area contributed by atoms with Crippen LogP contribution in [0.4, 0.5) is 0 Å². The molecule has 7 heteroatoms. The molecule has 1 aliphatic rings. The quantitative estimate of drug-likeness (QED) is 0.421. The molecule has 0 bridgehead atoms. The summed E-state index contributed by atoms with van der Waals surface area (Å²) in [6.45, 7) is 0. The summed E-state index contributed by atoms with van der Waals surface area (Å²) in [5.41, 5.74) is 3.08. The van der Waals surface area contributed by atoms with Gasteiger partial charge in [-0.2, -0.15) is 0 Å². The number of aliphatic carboxylic acids is 1. The number of benzene rings is 1. The first-order chi connectivity index (χ1) is 10.3. The lowest BCUT2D eigenvalue weighted by molar-refractivity contribution is -0.607. The Morgan fingerprint density at radius 2 is 2.05 bits per heavy atom. The smallest absolute Gasteiger partial charge is 0.345 e. The normalized spacial score (nSPS) is 23.5. The molecule has 0 aliphatic heterocycles.